The largest absolute Gasteiger partial charge is 0.465 e. The maximum Gasteiger partial charge on any atom is 0.337 e. The maximum absolute atomic E-state index is 11.4. The van der Waals surface area contributed by atoms with Crippen molar-refractivity contribution in [3.05, 3.63) is 61.6 Å². The van der Waals surface area contributed by atoms with Gasteiger partial charge in [0, 0.05) is 20.3 Å². The number of carbonyl (C=O) groups excluding carboxylic acids is 1. The third-order valence-corrected chi connectivity index (χ3v) is 4.48. The summed E-state index contributed by atoms with van der Waals surface area (Å²) in [5.41, 5.74) is 2.73. The number of ether oxygens (including phenoxy) is 1. The average Bonchev–Trinajstić information content (AvgIpc) is 2.46. The summed E-state index contributed by atoms with van der Waals surface area (Å²) in [5, 5.41) is 3.36. The highest BCUT2D eigenvalue weighted by Crippen LogP contribution is 2.22. The van der Waals surface area contributed by atoms with Crippen LogP contribution in [0.3, 0.4) is 0 Å². The fraction of sp³-hybridized carbons (Fsp3) is 0.133. The SMILES string of the molecule is COC(=O)c1ccc(NCc2ccccc2Br)c(I)c1. The van der Waals surface area contributed by atoms with Crippen molar-refractivity contribution in [3.8, 4) is 0 Å². The molecule has 0 spiro atoms. The number of hydrogen-bond acceptors (Lipinski definition) is 3. The van der Waals surface area contributed by atoms with Crippen molar-refractivity contribution in [1.82, 2.24) is 0 Å². The van der Waals surface area contributed by atoms with Crippen molar-refractivity contribution in [1.29, 1.82) is 0 Å². The second kappa shape index (κ2) is 7.08. The highest BCUT2D eigenvalue weighted by Gasteiger charge is 2.08. The summed E-state index contributed by atoms with van der Waals surface area (Å²) in [4.78, 5) is 11.4. The summed E-state index contributed by atoms with van der Waals surface area (Å²) >= 11 is 5.73. The zero-order valence-corrected chi connectivity index (χ0v) is 14.6. The van der Waals surface area contributed by atoms with Crippen LogP contribution in [-0.2, 0) is 11.3 Å². The van der Waals surface area contributed by atoms with Crippen molar-refractivity contribution < 1.29 is 9.53 Å². The van der Waals surface area contributed by atoms with E-state index in [1.165, 1.54) is 12.7 Å². The zero-order chi connectivity index (χ0) is 14.5. The van der Waals surface area contributed by atoms with Crippen LogP contribution in [0, 0.1) is 3.57 Å². The fourth-order valence-corrected chi connectivity index (χ4v) is 2.87. The van der Waals surface area contributed by atoms with Crippen LogP contribution in [0.2, 0.25) is 0 Å². The Morgan fingerprint density at radius 3 is 2.70 bits per heavy atom. The Bertz CT molecular complexity index is 631. The van der Waals surface area contributed by atoms with Gasteiger partial charge in [0.1, 0.15) is 0 Å². The molecule has 20 heavy (non-hydrogen) atoms. The highest BCUT2D eigenvalue weighted by molar-refractivity contribution is 14.1. The van der Waals surface area contributed by atoms with Crippen LogP contribution in [-0.4, -0.2) is 13.1 Å². The molecule has 0 bridgehead atoms. The van der Waals surface area contributed by atoms with Gasteiger partial charge in [0.25, 0.3) is 0 Å². The molecule has 2 aromatic rings. The number of anilines is 1. The quantitative estimate of drug-likeness (QED) is 0.558. The Balaban J connectivity index is 2.11. The summed E-state index contributed by atoms with van der Waals surface area (Å²) in [5.74, 6) is -0.319. The van der Waals surface area contributed by atoms with Crippen LogP contribution in [0.4, 0.5) is 5.69 Å². The predicted molar refractivity (Wildman–Crippen MR) is 92.0 cm³/mol. The van der Waals surface area contributed by atoms with Gasteiger partial charge in [-0.05, 0) is 52.4 Å². The lowest BCUT2D eigenvalue weighted by molar-refractivity contribution is 0.0600. The molecular weight excluding hydrogens is 433 g/mol. The van der Waals surface area contributed by atoms with Gasteiger partial charge in [-0.3, -0.25) is 0 Å². The molecule has 0 radical (unpaired) electrons. The lowest BCUT2D eigenvalue weighted by Crippen LogP contribution is -2.05. The van der Waals surface area contributed by atoms with Gasteiger partial charge in [0.05, 0.1) is 12.7 Å². The van der Waals surface area contributed by atoms with E-state index in [0.29, 0.717) is 5.56 Å². The number of benzene rings is 2. The molecule has 5 heteroatoms. The summed E-state index contributed by atoms with van der Waals surface area (Å²) < 4.78 is 6.77. The molecule has 0 atom stereocenters. The number of hydrogen-bond donors (Lipinski definition) is 1. The molecule has 0 aromatic heterocycles. The summed E-state index contributed by atoms with van der Waals surface area (Å²) in [7, 11) is 1.38. The molecule has 0 amide bonds. The van der Waals surface area contributed by atoms with E-state index < -0.39 is 0 Å². The molecule has 104 valence electrons. The van der Waals surface area contributed by atoms with Gasteiger partial charge >= 0.3 is 5.97 Å². The van der Waals surface area contributed by atoms with E-state index in [2.05, 4.69) is 49.9 Å². The number of halogens is 2. The van der Waals surface area contributed by atoms with Crippen molar-refractivity contribution >= 4 is 50.2 Å². The van der Waals surface area contributed by atoms with Gasteiger partial charge in [-0.25, -0.2) is 4.79 Å². The Kier molecular flexibility index (Phi) is 5.42. The second-order valence-corrected chi connectivity index (χ2v) is 6.15. The first-order chi connectivity index (χ1) is 9.61. The molecule has 0 fully saturated rings. The van der Waals surface area contributed by atoms with Gasteiger partial charge in [-0.15, -0.1) is 0 Å². The smallest absolute Gasteiger partial charge is 0.337 e. The lowest BCUT2D eigenvalue weighted by atomic mass is 10.2. The van der Waals surface area contributed by atoms with E-state index in [1.807, 2.05) is 30.3 Å². The molecule has 0 unspecified atom stereocenters. The van der Waals surface area contributed by atoms with Gasteiger partial charge in [-0.2, -0.15) is 0 Å². The summed E-state index contributed by atoms with van der Waals surface area (Å²) in [6, 6.07) is 13.5. The number of esters is 1. The number of methoxy groups -OCH3 is 1. The van der Waals surface area contributed by atoms with E-state index in [9.17, 15) is 4.79 Å². The molecule has 0 heterocycles. The Morgan fingerprint density at radius 2 is 2.05 bits per heavy atom. The van der Waals surface area contributed by atoms with Gasteiger partial charge in [0.2, 0.25) is 0 Å². The first kappa shape index (κ1) is 15.3. The lowest BCUT2D eigenvalue weighted by Gasteiger charge is -2.11. The second-order valence-electron chi connectivity index (χ2n) is 4.13. The first-order valence-electron chi connectivity index (χ1n) is 5.97. The third-order valence-electron chi connectivity index (χ3n) is 2.82. The molecule has 1 N–H and O–H groups in total. The van der Waals surface area contributed by atoms with E-state index in [0.717, 1.165) is 20.3 Å². The third kappa shape index (κ3) is 3.73. The van der Waals surface area contributed by atoms with Crippen LogP contribution in [0.1, 0.15) is 15.9 Å². The first-order valence-corrected chi connectivity index (χ1v) is 7.84. The molecule has 0 saturated heterocycles. The Hall–Kier alpha value is -1.08. The standard InChI is InChI=1S/C15H13BrINO2/c1-20-15(19)10-6-7-14(13(17)8-10)18-9-11-4-2-3-5-12(11)16/h2-8,18H,9H2,1H3. The van der Waals surface area contributed by atoms with Crippen molar-refractivity contribution in [2.45, 2.75) is 6.54 Å². The van der Waals surface area contributed by atoms with Crippen molar-refractivity contribution in [2.24, 2.45) is 0 Å². The molecule has 0 aliphatic heterocycles. The highest BCUT2D eigenvalue weighted by atomic mass is 127. The Labute approximate surface area is 140 Å². The van der Waals surface area contributed by atoms with Crippen LogP contribution in [0.25, 0.3) is 0 Å². The monoisotopic (exact) mass is 445 g/mol. The van der Waals surface area contributed by atoms with E-state index >= 15 is 0 Å². The van der Waals surface area contributed by atoms with Crippen molar-refractivity contribution in [2.75, 3.05) is 12.4 Å². The Morgan fingerprint density at radius 1 is 1.30 bits per heavy atom. The molecule has 3 nitrogen and oxygen atoms in total. The summed E-state index contributed by atoms with van der Waals surface area (Å²) in [6.07, 6.45) is 0. The number of carbonyl (C=O) groups is 1. The minimum absolute atomic E-state index is 0.319. The van der Waals surface area contributed by atoms with E-state index in [1.54, 1.807) is 6.07 Å². The molecule has 0 aliphatic carbocycles. The van der Waals surface area contributed by atoms with Crippen LogP contribution in [0.15, 0.2) is 46.9 Å². The topological polar surface area (TPSA) is 38.3 Å². The average molecular weight is 446 g/mol. The minimum Gasteiger partial charge on any atom is -0.465 e. The van der Waals surface area contributed by atoms with Gasteiger partial charge in [-0.1, -0.05) is 34.1 Å². The fourth-order valence-electron chi connectivity index (χ4n) is 1.74. The molecule has 2 aromatic carbocycles. The van der Waals surface area contributed by atoms with Crippen LogP contribution >= 0.6 is 38.5 Å². The van der Waals surface area contributed by atoms with Gasteiger partial charge in [0.15, 0.2) is 0 Å². The van der Waals surface area contributed by atoms with Crippen LogP contribution in [0.5, 0.6) is 0 Å². The van der Waals surface area contributed by atoms with Crippen LogP contribution < -0.4 is 5.32 Å². The molecule has 0 aliphatic rings. The van der Waals surface area contributed by atoms with Gasteiger partial charge < -0.3 is 10.1 Å². The molecule has 0 saturated carbocycles. The summed E-state index contributed by atoms with van der Waals surface area (Å²) in [6.45, 7) is 0.717. The number of nitrogens with one attached hydrogen (secondary N) is 1. The molecular formula is C15H13BrINO2. The minimum atomic E-state index is -0.319. The van der Waals surface area contributed by atoms with E-state index in [4.69, 9.17) is 4.74 Å². The van der Waals surface area contributed by atoms with Crippen molar-refractivity contribution in [3.63, 3.8) is 0 Å². The zero-order valence-electron chi connectivity index (χ0n) is 10.8. The normalized spacial score (nSPS) is 10.2. The molecule has 2 rings (SSSR count). The van der Waals surface area contributed by atoms with E-state index in [-0.39, 0.29) is 5.97 Å². The maximum atomic E-state index is 11.4. The number of rotatable bonds is 4. The predicted octanol–water partition coefficient (Wildman–Crippen LogP) is 4.45.